The predicted octanol–water partition coefficient (Wildman–Crippen LogP) is 3.48. The number of benzene rings is 1. The van der Waals surface area contributed by atoms with E-state index in [1.807, 2.05) is 12.1 Å². The molecule has 1 aromatic carbocycles. The van der Waals surface area contributed by atoms with Gasteiger partial charge in [0.25, 0.3) is 5.56 Å². The molecule has 0 radical (unpaired) electrons. The van der Waals surface area contributed by atoms with E-state index in [0.29, 0.717) is 6.54 Å². The SMILES string of the molecule is COc1ccc(Cn2cccc2CN2CCc3nc(C(C)(C)C)[nH]c(=O)c3C2)cc1. The molecule has 0 aliphatic carbocycles. The van der Waals surface area contributed by atoms with Crippen LogP contribution >= 0.6 is 0 Å². The molecule has 3 heterocycles. The van der Waals surface area contributed by atoms with Crippen molar-refractivity contribution in [3.05, 3.63) is 81.3 Å². The van der Waals surface area contributed by atoms with Crippen molar-refractivity contribution in [1.82, 2.24) is 19.4 Å². The normalized spacial score (nSPS) is 14.5. The number of aromatic nitrogens is 3. The molecule has 4 rings (SSSR count). The molecule has 1 N–H and O–H groups in total. The summed E-state index contributed by atoms with van der Waals surface area (Å²) in [4.78, 5) is 22.8. The number of fused-ring (bicyclic) bond motifs is 1. The van der Waals surface area contributed by atoms with Crippen LogP contribution in [0.5, 0.6) is 5.75 Å². The van der Waals surface area contributed by atoms with Gasteiger partial charge in [-0.3, -0.25) is 9.69 Å². The van der Waals surface area contributed by atoms with E-state index in [2.05, 4.69) is 65.7 Å². The fourth-order valence-electron chi connectivity index (χ4n) is 3.88. The third-order valence-electron chi connectivity index (χ3n) is 5.68. The number of hydrogen-bond donors (Lipinski definition) is 1. The first-order valence-corrected chi connectivity index (χ1v) is 10.5. The van der Waals surface area contributed by atoms with E-state index in [1.165, 1.54) is 11.3 Å². The van der Waals surface area contributed by atoms with Crippen molar-refractivity contribution < 1.29 is 4.74 Å². The van der Waals surface area contributed by atoms with Gasteiger partial charge in [-0.1, -0.05) is 32.9 Å². The summed E-state index contributed by atoms with van der Waals surface area (Å²) in [7, 11) is 1.68. The molecule has 0 amide bonds. The molecule has 1 aliphatic heterocycles. The van der Waals surface area contributed by atoms with Crippen molar-refractivity contribution in [2.75, 3.05) is 13.7 Å². The molecule has 0 bridgehead atoms. The second-order valence-electron chi connectivity index (χ2n) is 9.03. The number of methoxy groups -OCH3 is 1. The Balaban J connectivity index is 1.48. The monoisotopic (exact) mass is 406 g/mol. The Morgan fingerprint density at radius 1 is 1.13 bits per heavy atom. The minimum absolute atomic E-state index is 0.00300. The van der Waals surface area contributed by atoms with Gasteiger partial charge in [0.2, 0.25) is 0 Å². The molecule has 2 aromatic heterocycles. The van der Waals surface area contributed by atoms with Crippen LogP contribution in [0.1, 0.15) is 49.1 Å². The zero-order valence-corrected chi connectivity index (χ0v) is 18.2. The van der Waals surface area contributed by atoms with Crippen LogP contribution in [0.3, 0.4) is 0 Å². The quantitative estimate of drug-likeness (QED) is 0.705. The highest BCUT2D eigenvalue weighted by molar-refractivity contribution is 5.28. The summed E-state index contributed by atoms with van der Waals surface area (Å²) in [5.41, 5.74) is 4.07. The lowest BCUT2D eigenvalue weighted by Gasteiger charge is -2.29. The third kappa shape index (κ3) is 4.33. The van der Waals surface area contributed by atoms with Gasteiger partial charge in [0, 0.05) is 49.9 Å². The standard InChI is InChI=1S/C24H30N4O2/c1-24(2,3)23-25-21-11-13-27(16-20(21)22(29)26-23)15-18-6-5-12-28(18)14-17-7-9-19(30-4)10-8-17/h5-10,12H,11,13-16H2,1-4H3,(H,25,26,29). The number of nitrogens with one attached hydrogen (secondary N) is 1. The summed E-state index contributed by atoms with van der Waals surface area (Å²) >= 11 is 0. The van der Waals surface area contributed by atoms with Crippen LogP contribution in [0.4, 0.5) is 0 Å². The molecule has 158 valence electrons. The Labute approximate surface area is 177 Å². The van der Waals surface area contributed by atoms with Crippen molar-refractivity contribution in [3.63, 3.8) is 0 Å². The fourth-order valence-corrected chi connectivity index (χ4v) is 3.88. The number of H-pyrrole nitrogens is 1. The zero-order chi connectivity index (χ0) is 21.3. The van der Waals surface area contributed by atoms with Crippen LogP contribution in [0.2, 0.25) is 0 Å². The van der Waals surface area contributed by atoms with Gasteiger partial charge in [-0.2, -0.15) is 0 Å². The molecule has 0 fully saturated rings. The molecule has 1 aliphatic rings. The van der Waals surface area contributed by atoms with Crippen LogP contribution in [0.15, 0.2) is 47.4 Å². The van der Waals surface area contributed by atoms with Crippen molar-refractivity contribution >= 4 is 0 Å². The molecule has 0 atom stereocenters. The first-order chi connectivity index (χ1) is 14.3. The molecule has 0 saturated heterocycles. The summed E-state index contributed by atoms with van der Waals surface area (Å²) in [6.45, 7) is 9.38. The highest BCUT2D eigenvalue weighted by atomic mass is 16.5. The number of hydrogen-bond acceptors (Lipinski definition) is 4. The fraction of sp³-hybridized carbons (Fsp3) is 0.417. The number of ether oxygens (including phenoxy) is 1. The Kier molecular flexibility index (Phi) is 5.52. The molecule has 6 heteroatoms. The maximum Gasteiger partial charge on any atom is 0.255 e. The summed E-state index contributed by atoms with van der Waals surface area (Å²) < 4.78 is 7.51. The summed E-state index contributed by atoms with van der Waals surface area (Å²) in [6.07, 6.45) is 2.92. The van der Waals surface area contributed by atoms with Gasteiger partial charge in [0.05, 0.1) is 18.4 Å². The topological polar surface area (TPSA) is 63.1 Å². The first kappa shape index (κ1) is 20.4. The average molecular weight is 407 g/mol. The highest BCUT2D eigenvalue weighted by Crippen LogP contribution is 2.22. The van der Waals surface area contributed by atoms with Crippen LogP contribution < -0.4 is 10.3 Å². The Morgan fingerprint density at radius 3 is 2.60 bits per heavy atom. The number of aromatic amines is 1. The van der Waals surface area contributed by atoms with Gasteiger partial charge in [0.1, 0.15) is 11.6 Å². The Morgan fingerprint density at radius 2 is 1.90 bits per heavy atom. The maximum atomic E-state index is 12.7. The van der Waals surface area contributed by atoms with E-state index in [0.717, 1.165) is 48.9 Å². The molecule has 0 saturated carbocycles. The average Bonchev–Trinajstić information content (AvgIpc) is 3.14. The van der Waals surface area contributed by atoms with E-state index in [4.69, 9.17) is 9.72 Å². The molecule has 3 aromatic rings. The molecule has 30 heavy (non-hydrogen) atoms. The first-order valence-electron chi connectivity index (χ1n) is 10.5. The lowest BCUT2D eigenvalue weighted by molar-refractivity contribution is 0.235. The largest absolute Gasteiger partial charge is 0.497 e. The lowest BCUT2D eigenvalue weighted by atomic mass is 9.95. The predicted molar refractivity (Wildman–Crippen MR) is 118 cm³/mol. The van der Waals surface area contributed by atoms with Crippen LogP contribution in [-0.4, -0.2) is 33.1 Å². The molecular formula is C24H30N4O2. The minimum Gasteiger partial charge on any atom is -0.497 e. The van der Waals surface area contributed by atoms with Crippen LogP contribution in [-0.2, 0) is 31.5 Å². The van der Waals surface area contributed by atoms with E-state index in [9.17, 15) is 4.79 Å². The van der Waals surface area contributed by atoms with Crippen molar-refractivity contribution in [1.29, 1.82) is 0 Å². The van der Waals surface area contributed by atoms with E-state index in [-0.39, 0.29) is 11.0 Å². The minimum atomic E-state index is -0.159. The van der Waals surface area contributed by atoms with Crippen LogP contribution in [0, 0.1) is 0 Å². The number of nitrogens with zero attached hydrogens (tertiary/aromatic N) is 3. The van der Waals surface area contributed by atoms with E-state index in [1.54, 1.807) is 7.11 Å². The Bertz CT molecular complexity index is 1070. The highest BCUT2D eigenvalue weighted by Gasteiger charge is 2.25. The van der Waals surface area contributed by atoms with Gasteiger partial charge in [-0.25, -0.2) is 4.98 Å². The maximum absolute atomic E-state index is 12.7. The van der Waals surface area contributed by atoms with Gasteiger partial charge in [-0.05, 0) is 29.8 Å². The molecule has 0 spiro atoms. The summed E-state index contributed by atoms with van der Waals surface area (Å²) in [5, 5.41) is 0. The summed E-state index contributed by atoms with van der Waals surface area (Å²) in [5.74, 6) is 1.64. The van der Waals surface area contributed by atoms with Gasteiger partial charge >= 0.3 is 0 Å². The molecule has 0 unspecified atom stereocenters. The van der Waals surface area contributed by atoms with Crippen molar-refractivity contribution in [2.45, 2.75) is 52.2 Å². The van der Waals surface area contributed by atoms with Gasteiger partial charge in [0.15, 0.2) is 0 Å². The van der Waals surface area contributed by atoms with Gasteiger partial charge < -0.3 is 14.3 Å². The lowest BCUT2D eigenvalue weighted by Crippen LogP contribution is -2.37. The smallest absolute Gasteiger partial charge is 0.255 e. The Hall–Kier alpha value is -2.86. The van der Waals surface area contributed by atoms with E-state index < -0.39 is 0 Å². The molecule has 6 nitrogen and oxygen atoms in total. The van der Waals surface area contributed by atoms with Gasteiger partial charge in [-0.15, -0.1) is 0 Å². The van der Waals surface area contributed by atoms with Crippen molar-refractivity contribution in [2.24, 2.45) is 0 Å². The van der Waals surface area contributed by atoms with E-state index >= 15 is 0 Å². The number of rotatable bonds is 5. The van der Waals surface area contributed by atoms with Crippen molar-refractivity contribution in [3.8, 4) is 5.75 Å². The second kappa shape index (κ2) is 8.11. The third-order valence-corrected chi connectivity index (χ3v) is 5.68. The van der Waals surface area contributed by atoms with Crippen LogP contribution in [0.25, 0.3) is 0 Å². The zero-order valence-electron chi connectivity index (χ0n) is 18.2. The summed E-state index contributed by atoms with van der Waals surface area (Å²) in [6, 6.07) is 12.4. The second-order valence-corrected chi connectivity index (χ2v) is 9.03. The molecular weight excluding hydrogens is 376 g/mol.